The lowest BCUT2D eigenvalue weighted by atomic mass is 10.1. The van der Waals surface area contributed by atoms with Gasteiger partial charge in [-0.25, -0.2) is 4.98 Å². The number of benzene rings is 2. The van der Waals surface area contributed by atoms with Crippen molar-refractivity contribution < 1.29 is 14.3 Å². The third-order valence-electron chi connectivity index (χ3n) is 5.76. The molecule has 8 nitrogen and oxygen atoms in total. The maximum Gasteiger partial charge on any atom is 0.243 e. The number of hydrogen-bond donors (Lipinski definition) is 1. The highest BCUT2D eigenvalue weighted by Crippen LogP contribution is 2.33. The van der Waals surface area contributed by atoms with E-state index in [0.717, 1.165) is 43.1 Å². The van der Waals surface area contributed by atoms with E-state index in [9.17, 15) is 4.79 Å². The summed E-state index contributed by atoms with van der Waals surface area (Å²) >= 11 is 6.28. The number of allylic oxidation sites excluding steroid dienone is 1. The molecule has 3 aromatic rings. The Kier molecular flexibility index (Phi) is 7.84. The second kappa shape index (κ2) is 11.2. The fourth-order valence-corrected chi connectivity index (χ4v) is 3.84. The molecule has 1 N–H and O–H groups in total. The molecule has 9 heteroatoms. The number of piperazine rings is 1. The number of halogens is 1. The van der Waals surface area contributed by atoms with Crippen molar-refractivity contribution in [3.05, 3.63) is 71.9 Å². The molecule has 1 fully saturated rings. The first-order valence-corrected chi connectivity index (χ1v) is 11.7. The van der Waals surface area contributed by atoms with Gasteiger partial charge in [-0.15, -0.1) is 0 Å². The minimum Gasteiger partial charge on any atom is -0.494 e. The SMILES string of the molecule is C=CC(=O)Cc1ccc(Oc2nc(Nc3ccc(N4CCN(C)CC4)cc3OC)ncc2Cl)cc1. The van der Waals surface area contributed by atoms with Crippen LogP contribution in [0.1, 0.15) is 5.56 Å². The number of likely N-dealkylation sites (N-methyl/N-ethyl adjacent to an activating group) is 1. The highest BCUT2D eigenvalue weighted by atomic mass is 35.5. The van der Waals surface area contributed by atoms with Gasteiger partial charge in [-0.1, -0.05) is 30.3 Å². The summed E-state index contributed by atoms with van der Waals surface area (Å²) in [6.07, 6.45) is 3.09. The molecule has 0 unspecified atom stereocenters. The van der Waals surface area contributed by atoms with Crippen LogP contribution in [0.15, 0.2) is 61.3 Å². The third kappa shape index (κ3) is 6.29. The molecule has 0 amide bonds. The normalized spacial score (nSPS) is 13.9. The molecule has 0 bridgehead atoms. The highest BCUT2D eigenvalue weighted by Gasteiger charge is 2.17. The first-order chi connectivity index (χ1) is 16.9. The van der Waals surface area contributed by atoms with Gasteiger partial charge in [-0.2, -0.15) is 4.98 Å². The molecule has 1 aliphatic heterocycles. The van der Waals surface area contributed by atoms with Crippen LogP contribution in [-0.2, 0) is 11.2 Å². The monoisotopic (exact) mass is 493 g/mol. The quantitative estimate of drug-likeness (QED) is 0.429. The number of rotatable bonds is 9. The second-order valence-electron chi connectivity index (χ2n) is 8.24. The van der Waals surface area contributed by atoms with E-state index in [0.29, 0.717) is 23.9 Å². The van der Waals surface area contributed by atoms with Gasteiger partial charge in [-0.3, -0.25) is 4.79 Å². The van der Waals surface area contributed by atoms with Gasteiger partial charge in [0.2, 0.25) is 11.8 Å². The van der Waals surface area contributed by atoms with E-state index in [1.165, 1.54) is 12.3 Å². The van der Waals surface area contributed by atoms with Crippen LogP contribution in [0.3, 0.4) is 0 Å². The molecule has 182 valence electrons. The lowest BCUT2D eigenvalue weighted by molar-refractivity contribution is -0.114. The van der Waals surface area contributed by atoms with Gasteiger partial charge >= 0.3 is 0 Å². The molecule has 1 aromatic heterocycles. The fourth-order valence-electron chi connectivity index (χ4n) is 3.71. The summed E-state index contributed by atoms with van der Waals surface area (Å²) in [6, 6.07) is 13.2. The van der Waals surface area contributed by atoms with Gasteiger partial charge in [-0.05, 0) is 43.0 Å². The zero-order chi connectivity index (χ0) is 24.8. The highest BCUT2D eigenvalue weighted by molar-refractivity contribution is 6.31. The predicted molar refractivity (Wildman–Crippen MR) is 138 cm³/mol. The van der Waals surface area contributed by atoms with Gasteiger partial charge in [0.25, 0.3) is 0 Å². The van der Waals surface area contributed by atoms with Crippen LogP contribution in [0.2, 0.25) is 5.02 Å². The van der Waals surface area contributed by atoms with Crippen molar-refractivity contribution in [2.45, 2.75) is 6.42 Å². The second-order valence-corrected chi connectivity index (χ2v) is 8.65. The van der Waals surface area contributed by atoms with Crippen LogP contribution in [0.4, 0.5) is 17.3 Å². The molecule has 0 radical (unpaired) electrons. The Hall–Kier alpha value is -3.62. The summed E-state index contributed by atoms with van der Waals surface area (Å²) in [7, 11) is 3.77. The summed E-state index contributed by atoms with van der Waals surface area (Å²) in [6.45, 7) is 7.49. The lowest BCUT2D eigenvalue weighted by Crippen LogP contribution is -2.44. The number of hydrogen-bond acceptors (Lipinski definition) is 8. The molecule has 35 heavy (non-hydrogen) atoms. The van der Waals surface area contributed by atoms with E-state index in [4.69, 9.17) is 21.1 Å². The average molecular weight is 494 g/mol. The number of methoxy groups -OCH3 is 1. The molecule has 2 heterocycles. The van der Waals surface area contributed by atoms with Crippen LogP contribution in [0.25, 0.3) is 0 Å². The predicted octanol–water partition coefficient (Wildman–Crippen LogP) is 4.72. The number of anilines is 3. The van der Waals surface area contributed by atoms with Gasteiger partial charge in [0.15, 0.2) is 5.78 Å². The van der Waals surface area contributed by atoms with Crippen LogP contribution in [0, 0.1) is 0 Å². The Morgan fingerprint density at radius 2 is 1.91 bits per heavy atom. The summed E-state index contributed by atoms with van der Waals surface area (Å²) < 4.78 is 11.5. The van der Waals surface area contributed by atoms with Crippen molar-refractivity contribution in [1.82, 2.24) is 14.9 Å². The average Bonchev–Trinajstić information content (AvgIpc) is 2.88. The Balaban J connectivity index is 1.47. The van der Waals surface area contributed by atoms with Crippen molar-refractivity contribution in [1.29, 1.82) is 0 Å². The maximum atomic E-state index is 11.5. The zero-order valence-electron chi connectivity index (χ0n) is 19.8. The molecule has 2 aromatic carbocycles. The minimum absolute atomic E-state index is 0.0415. The Bertz CT molecular complexity index is 1190. The van der Waals surface area contributed by atoms with Gasteiger partial charge in [0.05, 0.1) is 19.0 Å². The summed E-state index contributed by atoms with van der Waals surface area (Å²) in [5.41, 5.74) is 2.71. The van der Waals surface area contributed by atoms with E-state index >= 15 is 0 Å². The van der Waals surface area contributed by atoms with Crippen molar-refractivity contribution in [2.24, 2.45) is 0 Å². The molecule has 1 aliphatic rings. The molecule has 0 atom stereocenters. The fraction of sp³-hybridized carbons (Fsp3) is 0.269. The molecule has 1 saturated heterocycles. The van der Waals surface area contributed by atoms with E-state index in [1.54, 1.807) is 19.2 Å². The molecule has 4 rings (SSSR count). The number of aromatic nitrogens is 2. The minimum atomic E-state index is -0.0415. The molecule has 0 aliphatic carbocycles. The summed E-state index contributed by atoms with van der Waals surface area (Å²) in [5, 5.41) is 3.47. The number of ether oxygens (including phenoxy) is 2. The number of carbonyl (C=O) groups excluding carboxylic acids is 1. The molecule has 0 spiro atoms. The molecular formula is C26H28ClN5O3. The Morgan fingerprint density at radius 1 is 1.17 bits per heavy atom. The van der Waals surface area contributed by atoms with Crippen molar-refractivity contribution in [3.8, 4) is 17.4 Å². The van der Waals surface area contributed by atoms with Crippen LogP contribution < -0.4 is 19.7 Å². The first-order valence-electron chi connectivity index (χ1n) is 11.3. The summed E-state index contributed by atoms with van der Waals surface area (Å²) in [4.78, 5) is 24.9. The smallest absolute Gasteiger partial charge is 0.243 e. The lowest BCUT2D eigenvalue weighted by Gasteiger charge is -2.34. The van der Waals surface area contributed by atoms with Crippen molar-refractivity contribution in [3.63, 3.8) is 0 Å². The number of nitrogens with one attached hydrogen (secondary N) is 1. The number of nitrogens with zero attached hydrogens (tertiary/aromatic N) is 4. The van der Waals surface area contributed by atoms with Crippen molar-refractivity contribution in [2.75, 3.05) is 50.6 Å². The topological polar surface area (TPSA) is 79.8 Å². The van der Waals surface area contributed by atoms with E-state index in [-0.39, 0.29) is 16.7 Å². The first kappa shape index (κ1) is 24.5. The van der Waals surface area contributed by atoms with Crippen molar-refractivity contribution >= 4 is 34.7 Å². The zero-order valence-corrected chi connectivity index (χ0v) is 20.6. The van der Waals surface area contributed by atoms with E-state index in [1.807, 2.05) is 24.3 Å². The number of ketones is 1. The van der Waals surface area contributed by atoms with E-state index in [2.05, 4.69) is 44.8 Å². The molecule has 0 saturated carbocycles. The Morgan fingerprint density at radius 3 is 2.60 bits per heavy atom. The standard InChI is InChI=1S/C26H28ClN5O3/c1-4-20(33)15-18-5-8-21(9-6-18)35-25-22(27)17-28-26(30-25)29-23-10-7-19(16-24(23)34-3)32-13-11-31(2)12-14-32/h4-10,16-17H,1,11-15H2,2-3H3,(H,28,29,30). The summed E-state index contributed by atoms with van der Waals surface area (Å²) in [5.74, 6) is 1.73. The van der Waals surface area contributed by atoms with E-state index < -0.39 is 0 Å². The van der Waals surface area contributed by atoms with Crippen LogP contribution >= 0.6 is 11.6 Å². The van der Waals surface area contributed by atoms with Gasteiger partial charge in [0, 0.05) is 44.4 Å². The third-order valence-corrected chi connectivity index (χ3v) is 6.02. The molecular weight excluding hydrogens is 466 g/mol. The van der Waals surface area contributed by atoms with Gasteiger partial charge < -0.3 is 24.6 Å². The maximum absolute atomic E-state index is 11.5. The van der Waals surface area contributed by atoms with Gasteiger partial charge in [0.1, 0.15) is 16.5 Å². The van der Waals surface area contributed by atoms with Crippen LogP contribution in [0.5, 0.6) is 17.4 Å². The Labute approximate surface area is 210 Å². The van der Waals surface area contributed by atoms with Crippen LogP contribution in [-0.4, -0.2) is 61.0 Å². The largest absolute Gasteiger partial charge is 0.494 e. The number of carbonyl (C=O) groups is 1.